The third-order valence-electron chi connectivity index (χ3n) is 3.62. The van der Waals surface area contributed by atoms with Crippen molar-refractivity contribution in [1.29, 1.82) is 0 Å². The molecule has 0 radical (unpaired) electrons. The lowest BCUT2D eigenvalue weighted by molar-refractivity contribution is -0.136. The van der Waals surface area contributed by atoms with Crippen LogP contribution in [0.3, 0.4) is 0 Å². The molecule has 1 atom stereocenters. The van der Waals surface area contributed by atoms with Crippen LogP contribution in [0.1, 0.15) is 24.5 Å². The predicted molar refractivity (Wildman–Crippen MR) is 92.4 cm³/mol. The van der Waals surface area contributed by atoms with E-state index in [1.807, 2.05) is 24.3 Å². The zero-order valence-corrected chi connectivity index (χ0v) is 13.5. The summed E-state index contributed by atoms with van der Waals surface area (Å²) in [4.78, 5) is 10.7. The lowest BCUT2D eigenvalue weighted by Crippen LogP contribution is -2.21. The predicted octanol–water partition coefficient (Wildman–Crippen LogP) is 3.68. The molecule has 2 aromatic rings. The van der Waals surface area contributed by atoms with Crippen LogP contribution in [0.2, 0.25) is 0 Å². The van der Waals surface area contributed by atoms with Crippen LogP contribution in [0, 0.1) is 0 Å². The van der Waals surface area contributed by atoms with Gasteiger partial charge in [-0.15, -0.1) is 12.4 Å². The largest absolute Gasteiger partial charge is 0.481 e. The summed E-state index contributed by atoms with van der Waals surface area (Å²) in [6.45, 7) is 2.09. The number of aliphatic carboxylic acids is 1. The first kappa shape index (κ1) is 18.2. The van der Waals surface area contributed by atoms with Crippen molar-refractivity contribution in [2.45, 2.75) is 32.2 Å². The molecule has 2 rings (SSSR count). The van der Waals surface area contributed by atoms with Gasteiger partial charge in [0.2, 0.25) is 0 Å². The fraction of sp³-hybridized carbons (Fsp3) is 0.278. The summed E-state index contributed by atoms with van der Waals surface area (Å²) in [6.07, 6.45) is 1.94. The molecule has 3 N–H and O–H groups in total. The van der Waals surface area contributed by atoms with E-state index in [1.165, 1.54) is 5.56 Å². The number of nitrogens with two attached hydrogens (primary N) is 1. The molecule has 118 valence electrons. The average molecular weight is 320 g/mol. The summed E-state index contributed by atoms with van der Waals surface area (Å²) < 4.78 is 0. The molecule has 0 saturated heterocycles. The van der Waals surface area contributed by atoms with E-state index in [0.29, 0.717) is 0 Å². The highest BCUT2D eigenvalue weighted by Gasteiger charge is 2.04. The van der Waals surface area contributed by atoms with Crippen LogP contribution in [-0.2, 0) is 17.6 Å². The minimum absolute atomic E-state index is 0. The van der Waals surface area contributed by atoms with E-state index in [0.717, 1.165) is 29.5 Å². The van der Waals surface area contributed by atoms with Crippen molar-refractivity contribution in [2.75, 3.05) is 0 Å². The highest BCUT2D eigenvalue weighted by atomic mass is 35.5. The van der Waals surface area contributed by atoms with Crippen molar-refractivity contribution in [3.8, 4) is 11.1 Å². The highest BCUT2D eigenvalue weighted by Crippen LogP contribution is 2.21. The van der Waals surface area contributed by atoms with E-state index in [1.54, 1.807) is 0 Å². The second-order valence-corrected chi connectivity index (χ2v) is 5.34. The van der Waals surface area contributed by atoms with Crippen molar-refractivity contribution in [1.82, 2.24) is 0 Å². The first-order chi connectivity index (χ1) is 10.1. The first-order valence-electron chi connectivity index (χ1n) is 7.24. The lowest BCUT2D eigenvalue weighted by Gasteiger charge is -2.09. The Morgan fingerprint density at radius 2 is 1.45 bits per heavy atom. The number of halogens is 1. The Labute approximate surface area is 137 Å². The smallest absolute Gasteiger partial charge is 0.307 e. The summed E-state index contributed by atoms with van der Waals surface area (Å²) in [5.41, 5.74) is 10.2. The van der Waals surface area contributed by atoms with Crippen molar-refractivity contribution in [2.24, 2.45) is 5.73 Å². The topological polar surface area (TPSA) is 63.3 Å². The molecule has 0 amide bonds. The molecule has 0 aliphatic heterocycles. The van der Waals surface area contributed by atoms with Crippen LogP contribution in [0.25, 0.3) is 11.1 Å². The standard InChI is InChI=1S/C18H21NO2.ClH/c1-2-17(19)11-13-3-7-15(8-4-13)16-9-5-14(6-10-16)12-18(20)21;/h3-10,17H,2,11-12,19H2,1H3,(H,20,21);1H. The zero-order chi connectivity index (χ0) is 15.2. The van der Waals surface area contributed by atoms with Gasteiger partial charge in [0.15, 0.2) is 0 Å². The van der Waals surface area contributed by atoms with Crippen LogP contribution in [-0.4, -0.2) is 17.1 Å². The molecule has 1 unspecified atom stereocenters. The molecule has 22 heavy (non-hydrogen) atoms. The molecule has 4 heteroatoms. The Morgan fingerprint density at radius 3 is 1.86 bits per heavy atom. The number of benzene rings is 2. The van der Waals surface area contributed by atoms with Gasteiger partial charge < -0.3 is 10.8 Å². The maximum atomic E-state index is 10.7. The van der Waals surface area contributed by atoms with Crippen molar-refractivity contribution in [3.05, 3.63) is 59.7 Å². The van der Waals surface area contributed by atoms with Crippen LogP contribution >= 0.6 is 12.4 Å². The Hall–Kier alpha value is -1.84. The van der Waals surface area contributed by atoms with E-state index < -0.39 is 5.97 Å². The van der Waals surface area contributed by atoms with Gasteiger partial charge in [-0.05, 0) is 35.1 Å². The highest BCUT2D eigenvalue weighted by molar-refractivity contribution is 5.85. The van der Waals surface area contributed by atoms with Gasteiger partial charge >= 0.3 is 5.97 Å². The van der Waals surface area contributed by atoms with Crippen molar-refractivity contribution < 1.29 is 9.90 Å². The SMILES string of the molecule is CCC(N)Cc1ccc(-c2ccc(CC(=O)O)cc2)cc1.Cl. The summed E-state index contributed by atoms with van der Waals surface area (Å²) >= 11 is 0. The summed E-state index contributed by atoms with van der Waals surface area (Å²) in [5.74, 6) is -0.806. The molecular formula is C18H22ClNO2. The van der Waals surface area contributed by atoms with E-state index in [9.17, 15) is 4.79 Å². The number of hydrogen-bond donors (Lipinski definition) is 2. The molecule has 0 aliphatic rings. The molecule has 0 heterocycles. The minimum Gasteiger partial charge on any atom is -0.481 e. The Kier molecular flexibility index (Phi) is 7.09. The number of carboxylic acid groups (broad SMARTS) is 1. The van der Waals surface area contributed by atoms with E-state index in [4.69, 9.17) is 10.8 Å². The fourth-order valence-electron chi connectivity index (χ4n) is 2.27. The van der Waals surface area contributed by atoms with Crippen LogP contribution in [0.15, 0.2) is 48.5 Å². The monoisotopic (exact) mass is 319 g/mol. The minimum atomic E-state index is -0.806. The van der Waals surface area contributed by atoms with Crippen LogP contribution < -0.4 is 5.73 Å². The van der Waals surface area contributed by atoms with Crippen LogP contribution in [0.4, 0.5) is 0 Å². The molecule has 0 bridgehead atoms. The lowest BCUT2D eigenvalue weighted by atomic mass is 9.99. The first-order valence-corrected chi connectivity index (χ1v) is 7.24. The third kappa shape index (κ3) is 5.17. The fourth-order valence-corrected chi connectivity index (χ4v) is 2.27. The molecular weight excluding hydrogens is 298 g/mol. The molecule has 0 spiro atoms. The summed E-state index contributed by atoms with van der Waals surface area (Å²) in [6, 6.07) is 16.3. The summed E-state index contributed by atoms with van der Waals surface area (Å²) in [7, 11) is 0. The molecule has 0 aromatic heterocycles. The molecule has 3 nitrogen and oxygen atoms in total. The molecule has 2 aromatic carbocycles. The quantitative estimate of drug-likeness (QED) is 0.853. The molecule has 0 saturated carbocycles. The van der Waals surface area contributed by atoms with Gasteiger partial charge in [0.25, 0.3) is 0 Å². The number of carbonyl (C=O) groups is 1. The van der Waals surface area contributed by atoms with E-state index in [-0.39, 0.29) is 24.9 Å². The van der Waals surface area contributed by atoms with Crippen LogP contribution in [0.5, 0.6) is 0 Å². The van der Waals surface area contributed by atoms with E-state index >= 15 is 0 Å². The Balaban J connectivity index is 0.00000242. The second-order valence-electron chi connectivity index (χ2n) is 5.34. The Morgan fingerprint density at radius 1 is 1.00 bits per heavy atom. The number of rotatable bonds is 6. The van der Waals surface area contributed by atoms with Crippen molar-refractivity contribution in [3.63, 3.8) is 0 Å². The third-order valence-corrected chi connectivity index (χ3v) is 3.62. The van der Waals surface area contributed by atoms with E-state index in [2.05, 4.69) is 31.2 Å². The number of hydrogen-bond acceptors (Lipinski definition) is 2. The maximum absolute atomic E-state index is 10.7. The van der Waals surface area contributed by atoms with Gasteiger partial charge in [0.05, 0.1) is 6.42 Å². The normalized spacial score (nSPS) is 11.5. The molecule has 0 aliphatic carbocycles. The number of carboxylic acids is 1. The zero-order valence-electron chi connectivity index (χ0n) is 12.7. The van der Waals surface area contributed by atoms with Gasteiger partial charge in [-0.1, -0.05) is 55.5 Å². The molecule has 0 fully saturated rings. The summed E-state index contributed by atoms with van der Waals surface area (Å²) in [5, 5.41) is 8.77. The second kappa shape index (κ2) is 8.57. The maximum Gasteiger partial charge on any atom is 0.307 e. The van der Waals surface area contributed by atoms with Gasteiger partial charge in [0, 0.05) is 6.04 Å². The van der Waals surface area contributed by atoms with Gasteiger partial charge in [-0.25, -0.2) is 0 Å². The van der Waals surface area contributed by atoms with Gasteiger partial charge in [0.1, 0.15) is 0 Å². The van der Waals surface area contributed by atoms with Gasteiger partial charge in [-0.2, -0.15) is 0 Å². The average Bonchev–Trinajstić information content (AvgIpc) is 2.48. The van der Waals surface area contributed by atoms with Crippen molar-refractivity contribution >= 4 is 18.4 Å². The Bertz CT molecular complexity index is 593. The van der Waals surface area contributed by atoms with Gasteiger partial charge in [-0.3, -0.25) is 4.79 Å².